The fourth-order valence-corrected chi connectivity index (χ4v) is 2.32. The van der Waals surface area contributed by atoms with Crippen molar-refractivity contribution in [2.75, 3.05) is 7.11 Å². The van der Waals surface area contributed by atoms with Gasteiger partial charge in [0.15, 0.2) is 5.44 Å². The molecule has 17 heavy (non-hydrogen) atoms. The van der Waals surface area contributed by atoms with Gasteiger partial charge in [0, 0.05) is 6.08 Å². The van der Waals surface area contributed by atoms with Gasteiger partial charge in [-0.05, 0) is 28.1 Å². The normalized spacial score (nSPS) is 17.8. The average molecular weight is 317 g/mol. The van der Waals surface area contributed by atoms with E-state index < -0.39 is 11.4 Å². The van der Waals surface area contributed by atoms with E-state index in [1.165, 1.54) is 19.3 Å². The van der Waals surface area contributed by atoms with Crippen molar-refractivity contribution in [1.82, 2.24) is 0 Å². The number of fused-ring (bicyclic) bond motifs is 1. The van der Waals surface area contributed by atoms with E-state index in [-0.39, 0.29) is 5.76 Å². The van der Waals surface area contributed by atoms with Crippen molar-refractivity contribution >= 4 is 40.3 Å². The summed E-state index contributed by atoms with van der Waals surface area (Å²) >= 11 is 7.39. The fourth-order valence-electron chi connectivity index (χ4n) is 1.52. The van der Waals surface area contributed by atoms with Crippen molar-refractivity contribution in [3.8, 4) is 5.75 Å². The molecule has 0 amide bonds. The van der Waals surface area contributed by atoms with Gasteiger partial charge >= 0.3 is 5.97 Å². The molecule has 0 aliphatic carbocycles. The highest BCUT2D eigenvalue weighted by Gasteiger charge is 2.23. The monoisotopic (exact) mass is 316 g/mol. The molecule has 1 aromatic rings. The first kappa shape index (κ1) is 12.3. The predicted molar refractivity (Wildman–Crippen MR) is 69.5 cm³/mol. The molecular formula is C11H9BrO4S. The molecule has 6 heteroatoms. The van der Waals surface area contributed by atoms with Gasteiger partial charge in [-0.1, -0.05) is 0 Å². The van der Waals surface area contributed by atoms with Crippen molar-refractivity contribution in [2.24, 2.45) is 0 Å². The molecule has 1 atom stereocenters. The lowest BCUT2D eigenvalue weighted by molar-refractivity contribution is 0.0600. The van der Waals surface area contributed by atoms with Gasteiger partial charge < -0.3 is 14.6 Å². The van der Waals surface area contributed by atoms with Crippen molar-refractivity contribution in [3.05, 3.63) is 33.8 Å². The average Bonchev–Trinajstić information content (AvgIpc) is 2.29. The first-order valence-electron chi connectivity index (χ1n) is 4.70. The van der Waals surface area contributed by atoms with Crippen molar-refractivity contribution in [3.63, 3.8) is 0 Å². The number of rotatable bonds is 1. The number of hydrogen-bond acceptors (Lipinski definition) is 5. The molecule has 2 rings (SSSR count). The molecule has 0 aromatic heterocycles. The van der Waals surface area contributed by atoms with Crippen LogP contribution in [0.25, 0.3) is 5.76 Å². The third-order valence-electron chi connectivity index (χ3n) is 2.28. The standard InChI is InChI=1S/C11H9BrO4S/c1-15-11(14)5-2-6-8(13)4-9(17)16-10(6)7(12)3-5/h2-4,9,13,17H,1H3. The van der Waals surface area contributed by atoms with Crippen LogP contribution in [0.3, 0.4) is 0 Å². The van der Waals surface area contributed by atoms with E-state index in [2.05, 4.69) is 33.3 Å². The largest absolute Gasteiger partial charge is 0.507 e. The molecule has 0 radical (unpaired) electrons. The van der Waals surface area contributed by atoms with E-state index >= 15 is 0 Å². The molecule has 1 aliphatic rings. The third-order valence-corrected chi connectivity index (χ3v) is 3.12. The van der Waals surface area contributed by atoms with E-state index in [9.17, 15) is 9.90 Å². The molecule has 90 valence electrons. The van der Waals surface area contributed by atoms with E-state index in [0.717, 1.165) is 0 Å². The van der Waals surface area contributed by atoms with Crippen molar-refractivity contribution in [2.45, 2.75) is 5.44 Å². The van der Waals surface area contributed by atoms with Crippen molar-refractivity contribution < 1.29 is 19.4 Å². The van der Waals surface area contributed by atoms with Crippen LogP contribution in [0.4, 0.5) is 0 Å². The number of aliphatic hydroxyl groups is 1. The maximum atomic E-state index is 11.4. The molecule has 4 nitrogen and oxygen atoms in total. The Kier molecular flexibility index (Phi) is 3.35. The summed E-state index contributed by atoms with van der Waals surface area (Å²) in [6.45, 7) is 0. The van der Waals surface area contributed by atoms with Gasteiger partial charge in [-0.25, -0.2) is 4.79 Å². The Balaban J connectivity index is 2.56. The highest BCUT2D eigenvalue weighted by atomic mass is 79.9. The number of ether oxygens (including phenoxy) is 2. The lowest BCUT2D eigenvalue weighted by Gasteiger charge is -2.21. The first-order chi connectivity index (χ1) is 8.02. The molecule has 1 N–H and O–H groups in total. The van der Waals surface area contributed by atoms with Crippen LogP contribution >= 0.6 is 28.6 Å². The number of thiol groups is 1. The summed E-state index contributed by atoms with van der Waals surface area (Å²) in [6, 6.07) is 3.08. The molecule has 0 fully saturated rings. The highest BCUT2D eigenvalue weighted by Crippen LogP contribution is 2.38. The van der Waals surface area contributed by atoms with Gasteiger partial charge in [0.05, 0.1) is 22.7 Å². The second kappa shape index (κ2) is 4.62. The van der Waals surface area contributed by atoms with Gasteiger partial charge in [-0.2, -0.15) is 0 Å². The number of carbonyl (C=O) groups is 1. The Labute approximate surface area is 112 Å². The van der Waals surface area contributed by atoms with Crippen LogP contribution in [-0.2, 0) is 4.74 Å². The van der Waals surface area contributed by atoms with Gasteiger partial charge in [0.2, 0.25) is 0 Å². The second-order valence-corrected chi connectivity index (χ2v) is 4.75. The Morgan fingerprint density at radius 2 is 2.29 bits per heavy atom. The first-order valence-corrected chi connectivity index (χ1v) is 6.01. The summed E-state index contributed by atoms with van der Waals surface area (Å²) in [5, 5.41) is 9.79. The number of halogens is 1. The highest BCUT2D eigenvalue weighted by molar-refractivity contribution is 9.10. The van der Waals surface area contributed by atoms with Gasteiger partial charge in [0.1, 0.15) is 11.5 Å². The van der Waals surface area contributed by atoms with E-state index in [1.807, 2.05) is 0 Å². The van der Waals surface area contributed by atoms with Crippen molar-refractivity contribution in [1.29, 1.82) is 0 Å². The molecule has 1 heterocycles. The van der Waals surface area contributed by atoms with Crippen LogP contribution in [-0.4, -0.2) is 23.6 Å². The number of carbonyl (C=O) groups excluding carboxylic acids is 1. The Morgan fingerprint density at radius 3 is 2.94 bits per heavy atom. The van der Waals surface area contributed by atoms with Crippen LogP contribution in [0.15, 0.2) is 22.7 Å². The Hall–Kier alpha value is -1.14. The van der Waals surface area contributed by atoms with E-state index in [0.29, 0.717) is 21.3 Å². The molecule has 1 aliphatic heterocycles. The summed E-state index contributed by atoms with van der Waals surface area (Å²) in [6.07, 6.45) is 1.44. The van der Waals surface area contributed by atoms with Crippen LogP contribution in [0.1, 0.15) is 15.9 Å². The molecular weight excluding hydrogens is 308 g/mol. The van der Waals surface area contributed by atoms with Crippen LogP contribution in [0, 0.1) is 0 Å². The Morgan fingerprint density at radius 1 is 1.59 bits per heavy atom. The fraction of sp³-hybridized carbons (Fsp3) is 0.182. The lowest BCUT2D eigenvalue weighted by atomic mass is 10.1. The lowest BCUT2D eigenvalue weighted by Crippen LogP contribution is -2.14. The number of benzene rings is 1. The quantitative estimate of drug-likeness (QED) is 0.618. The SMILES string of the molecule is COC(=O)c1cc(Br)c2c(c1)C(O)=CC(S)O2. The minimum Gasteiger partial charge on any atom is -0.507 e. The summed E-state index contributed by atoms with van der Waals surface area (Å²) in [5.41, 5.74) is 0.257. The molecule has 1 unspecified atom stereocenters. The maximum Gasteiger partial charge on any atom is 0.337 e. The summed E-state index contributed by atoms with van der Waals surface area (Å²) in [5.74, 6) is 0.00431. The molecule has 1 aromatic carbocycles. The zero-order chi connectivity index (χ0) is 12.6. The predicted octanol–water partition coefficient (Wildman–Crippen LogP) is 2.78. The molecule has 0 spiro atoms. The van der Waals surface area contributed by atoms with Gasteiger partial charge in [-0.3, -0.25) is 0 Å². The number of esters is 1. The minimum absolute atomic E-state index is 0.0257. The zero-order valence-corrected chi connectivity index (χ0v) is 11.3. The number of hydrogen-bond donors (Lipinski definition) is 2. The maximum absolute atomic E-state index is 11.4. The zero-order valence-electron chi connectivity index (χ0n) is 8.81. The third kappa shape index (κ3) is 2.28. The molecule has 0 saturated carbocycles. The molecule has 0 bridgehead atoms. The summed E-state index contributed by atoms with van der Waals surface area (Å²) in [7, 11) is 1.30. The van der Waals surface area contributed by atoms with Gasteiger partial charge in [0.25, 0.3) is 0 Å². The second-order valence-electron chi connectivity index (χ2n) is 3.39. The topological polar surface area (TPSA) is 55.8 Å². The van der Waals surface area contributed by atoms with Gasteiger partial charge in [-0.15, -0.1) is 12.6 Å². The van der Waals surface area contributed by atoms with E-state index in [1.54, 1.807) is 6.07 Å². The van der Waals surface area contributed by atoms with Crippen LogP contribution in [0.2, 0.25) is 0 Å². The molecule has 0 saturated heterocycles. The number of aliphatic hydroxyl groups excluding tert-OH is 1. The Bertz CT molecular complexity index is 512. The summed E-state index contributed by atoms with van der Waals surface area (Å²) in [4.78, 5) is 11.4. The van der Waals surface area contributed by atoms with Crippen LogP contribution in [0.5, 0.6) is 5.75 Å². The summed E-state index contributed by atoms with van der Waals surface area (Å²) < 4.78 is 10.6. The van der Waals surface area contributed by atoms with Crippen LogP contribution < -0.4 is 4.74 Å². The van der Waals surface area contributed by atoms with E-state index in [4.69, 9.17) is 4.74 Å². The minimum atomic E-state index is -0.511. The smallest absolute Gasteiger partial charge is 0.337 e. The number of methoxy groups -OCH3 is 1.